The number of para-hydroxylation sites is 1. The minimum Gasteiger partial charge on any atom is -0.507 e. The highest BCUT2D eigenvalue weighted by Gasteiger charge is 2.39. The number of nitrogens with one attached hydrogen (secondary N) is 1. The van der Waals surface area contributed by atoms with Crippen LogP contribution in [0.3, 0.4) is 0 Å². The Balaban J connectivity index is 0.000000564. The lowest BCUT2D eigenvalue weighted by molar-refractivity contribution is -0.193. The first kappa shape index (κ1) is 42.3. The number of phenols is 1. The van der Waals surface area contributed by atoms with Gasteiger partial charge in [-0.25, -0.2) is 14.6 Å². The number of carbonyl (C=O) groups is 4. The zero-order chi connectivity index (χ0) is 39.2. The summed E-state index contributed by atoms with van der Waals surface area (Å²) in [7, 11) is 0. The van der Waals surface area contributed by atoms with E-state index in [1.807, 2.05) is 13.0 Å². The standard InChI is InChI=1S/C29H31N5O4.2C2HF3O2/c1-2-38-29(37)19-10-13-34(14-11-19)15-12-27(36)32-21-7-5-6-20(16-21)23-17-25(33-28(31)24(23)18-30)22-8-3-4-9-26(22)35;2*3-2(4,5)1(6)7/h3-9,16-17,19,35H,2,10-15H2,1H3,(H2,31,33)(H,32,36);2*(H,6,7). The van der Waals surface area contributed by atoms with Crippen molar-refractivity contribution >= 4 is 35.3 Å². The maximum Gasteiger partial charge on any atom is 0.490 e. The number of esters is 1. The zero-order valence-electron chi connectivity index (χ0n) is 27.3. The number of nitrogen functional groups attached to an aromatic ring is 1. The summed E-state index contributed by atoms with van der Waals surface area (Å²) in [6.45, 7) is 4.32. The molecule has 1 saturated heterocycles. The molecule has 3 aromatic rings. The molecule has 4 rings (SSSR count). The maximum atomic E-state index is 12.7. The normalized spacial score (nSPS) is 13.3. The smallest absolute Gasteiger partial charge is 0.490 e. The number of aromatic nitrogens is 1. The number of carboxylic acid groups (broad SMARTS) is 2. The highest BCUT2D eigenvalue weighted by Crippen LogP contribution is 2.35. The van der Waals surface area contributed by atoms with Crippen molar-refractivity contribution in [1.82, 2.24) is 9.88 Å². The van der Waals surface area contributed by atoms with E-state index >= 15 is 0 Å². The zero-order valence-corrected chi connectivity index (χ0v) is 27.3. The molecule has 2 heterocycles. The van der Waals surface area contributed by atoms with Gasteiger partial charge in [0.1, 0.15) is 23.2 Å². The van der Waals surface area contributed by atoms with Gasteiger partial charge in [0.2, 0.25) is 5.91 Å². The average molecular weight is 742 g/mol. The van der Waals surface area contributed by atoms with E-state index in [1.54, 1.807) is 48.5 Å². The van der Waals surface area contributed by atoms with Gasteiger partial charge in [-0.2, -0.15) is 31.6 Å². The van der Waals surface area contributed by atoms with Crippen LogP contribution in [0.15, 0.2) is 54.6 Å². The number of hydrogen-bond acceptors (Lipinski definition) is 10. The summed E-state index contributed by atoms with van der Waals surface area (Å²) < 4.78 is 68.6. The fourth-order valence-electron chi connectivity index (χ4n) is 4.64. The second-order valence-corrected chi connectivity index (χ2v) is 10.8. The van der Waals surface area contributed by atoms with Crippen molar-refractivity contribution in [2.45, 2.75) is 38.5 Å². The summed E-state index contributed by atoms with van der Waals surface area (Å²) in [5.74, 6) is -5.72. The predicted octanol–water partition coefficient (Wildman–Crippen LogP) is 5.45. The fraction of sp³-hybridized carbons (Fsp3) is 0.333. The summed E-state index contributed by atoms with van der Waals surface area (Å²) in [5.41, 5.74) is 9.11. The fourth-order valence-corrected chi connectivity index (χ4v) is 4.64. The number of nitrogens with two attached hydrogens (primary N) is 1. The van der Waals surface area contributed by atoms with E-state index in [0.717, 1.165) is 25.9 Å². The van der Waals surface area contributed by atoms with Gasteiger partial charge in [0.15, 0.2) is 0 Å². The Labute approximate surface area is 292 Å². The van der Waals surface area contributed by atoms with E-state index in [1.165, 1.54) is 0 Å². The highest BCUT2D eigenvalue weighted by molar-refractivity contribution is 5.92. The van der Waals surface area contributed by atoms with Crippen LogP contribution in [0.1, 0.15) is 31.7 Å². The molecule has 0 unspecified atom stereocenters. The van der Waals surface area contributed by atoms with Gasteiger partial charge in [-0.05, 0) is 68.8 Å². The topological polar surface area (TPSA) is 216 Å². The van der Waals surface area contributed by atoms with Crippen molar-refractivity contribution in [2.24, 2.45) is 5.92 Å². The van der Waals surface area contributed by atoms with Gasteiger partial charge in [-0.15, -0.1) is 0 Å². The number of phenolic OH excluding ortho intramolecular Hbond substituents is 1. The monoisotopic (exact) mass is 741 g/mol. The number of anilines is 2. The Kier molecular flexibility index (Phi) is 15.4. The Bertz CT molecular complexity index is 1750. The van der Waals surface area contributed by atoms with Crippen molar-refractivity contribution in [1.29, 1.82) is 5.26 Å². The summed E-state index contributed by atoms with van der Waals surface area (Å²) in [4.78, 5) is 48.9. The lowest BCUT2D eigenvalue weighted by Crippen LogP contribution is -2.38. The predicted molar refractivity (Wildman–Crippen MR) is 172 cm³/mol. The molecule has 0 spiro atoms. The van der Waals surface area contributed by atoms with E-state index in [-0.39, 0.29) is 34.9 Å². The van der Waals surface area contributed by atoms with Crippen LogP contribution in [-0.2, 0) is 23.9 Å². The number of amides is 1. The number of likely N-dealkylation sites (tertiary alicyclic amines) is 1. The third kappa shape index (κ3) is 13.1. The quantitative estimate of drug-likeness (QED) is 0.144. The van der Waals surface area contributed by atoms with Crippen LogP contribution in [0, 0.1) is 17.2 Å². The van der Waals surface area contributed by atoms with E-state index < -0.39 is 24.3 Å². The molecule has 0 aliphatic carbocycles. The molecule has 52 heavy (non-hydrogen) atoms. The molecule has 19 heteroatoms. The van der Waals surface area contributed by atoms with Crippen molar-refractivity contribution in [2.75, 3.05) is 37.3 Å². The van der Waals surface area contributed by atoms with Crippen molar-refractivity contribution < 1.29 is 65.6 Å². The minimum atomic E-state index is -5.08. The summed E-state index contributed by atoms with van der Waals surface area (Å²) in [6.07, 6.45) is -8.37. The Morgan fingerprint density at radius 1 is 0.962 bits per heavy atom. The van der Waals surface area contributed by atoms with E-state index in [9.17, 15) is 46.3 Å². The summed E-state index contributed by atoms with van der Waals surface area (Å²) in [5, 5.41) is 37.2. The summed E-state index contributed by atoms with van der Waals surface area (Å²) in [6, 6.07) is 17.8. The van der Waals surface area contributed by atoms with Crippen LogP contribution in [0.25, 0.3) is 22.4 Å². The molecule has 0 bridgehead atoms. The third-order valence-electron chi connectivity index (χ3n) is 7.14. The molecule has 280 valence electrons. The lowest BCUT2D eigenvalue weighted by atomic mass is 9.97. The first-order valence-electron chi connectivity index (χ1n) is 15.2. The molecular formula is C33H33F6N5O8. The minimum absolute atomic E-state index is 0.0567. The largest absolute Gasteiger partial charge is 0.507 e. The number of carbonyl (C=O) groups excluding carboxylic acids is 2. The molecule has 1 aromatic heterocycles. The Morgan fingerprint density at radius 3 is 2.06 bits per heavy atom. The average Bonchev–Trinajstić information content (AvgIpc) is 3.07. The van der Waals surface area contributed by atoms with Gasteiger partial charge in [0, 0.05) is 29.8 Å². The molecule has 1 aliphatic rings. The van der Waals surface area contributed by atoms with Crippen LogP contribution in [0.5, 0.6) is 5.75 Å². The number of pyridine rings is 1. The molecule has 13 nitrogen and oxygen atoms in total. The third-order valence-corrected chi connectivity index (χ3v) is 7.14. The summed E-state index contributed by atoms with van der Waals surface area (Å²) >= 11 is 0. The molecule has 0 radical (unpaired) electrons. The number of benzene rings is 2. The molecule has 1 amide bonds. The maximum absolute atomic E-state index is 12.7. The molecular weight excluding hydrogens is 708 g/mol. The molecule has 1 aliphatic heterocycles. The van der Waals surface area contributed by atoms with Crippen LogP contribution in [-0.4, -0.2) is 87.6 Å². The van der Waals surface area contributed by atoms with E-state index in [2.05, 4.69) is 21.3 Å². The van der Waals surface area contributed by atoms with Gasteiger partial charge in [0.05, 0.1) is 18.2 Å². The molecule has 6 N–H and O–H groups in total. The van der Waals surface area contributed by atoms with Gasteiger partial charge in [0.25, 0.3) is 0 Å². The van der Waals surface area contributed by atoms with Crippen LogP contribution >= 0.6 is 0 Å². The van der Waals surface area contributed by atoms with E-state index in [4.69, 9.17) is 30.3 Å². The van der Waals surface area contributed by atoms with Crippen molar-refractivity contribution in [3.63, 3.8) is 0 Å². The number of aromatic hydroxyl groups is 1. The first-order valence-corrected chi connectivity index (χ1v) is 15.2. The number of hydrogen-bond donors (Lipinski definition) is 5. The van der Waals surface area contributed by atoms with Crippen LogP contribution in [0.4, 0.5) is 37.8 Å². The Hall–Kier alpha value is -5.90. The van der Waals surface area contributed by atoms with Crippen molar-refractivity contribution in [3.05, 3.63) is 60.2 Å². The number of aliphatic carboxylic acids is 2. The van der Waals surface area contributed by atoms with E-state index in [0.29, 0.717) is 47.6 Å². The van der Waals surface area contributed by atoms with Gasteiger partial charge < -0.3 is 36.0 Å². The number of carboxylic acids is 2. The highest BCUT2D eigenvalue weighted by atomic mass is 19.4. The molecule has 0 atom stereocenters. The SMILES string of the molecule is CCOC(=O)C1CCN(CCC(=O)Nc2cccc(-c3cc(-c4ccccc4O)nc(N)c3C#N)c2)CC1.O=C(O)C(F)(F)F.O=C(O)C(F)(F)F. The van der Waals surface area contributed by atoms with Gasteiger partial charge in [-0.1, -0.05) is 24.3 Å². The second-order valence-electron chi connectivity index (χ2n) is 10.8. The number of nitrogens with zero attached hydrogens (tertiary/aromatic N) is 3. The van der Waals surface area contributed by atoms with Gasteiger partial charge >= 0.3 is 30.3 Å². The number of halogens is 6. The number of nitriles is 1. The number of rotatable bonds is 8. The number of alkyl halides is 6. The van der Waals surface area contributed by atoms with Crippen LogP contribution in [0.2, 0.25) is 0 Å². The number of piperidine rings is 1. The lowest BCUT2D eigenvalue weighted by Gasteiger charge is -2.30. The molecule has 1 fully saturated rings. The van der Waals surface area contributed by atoms with Gasteiger partial charge in [-0.3, -0.25) is 9.59 Å². The molecule has 2 aromatic carbocycles. The van der Waals surface area contributed by atoms with Crippen LogP contribution < -0.4 is 11.1 Å². The molecule has 0 saturated carbocycles. The van der Waals surface area contributed by atoms with Crippen molar-refractivity contribution in [3.8, 4) is 34.2 Å². The number of ether oxygens (including phenoxy) is 1. The first-order chi connectivity index (χ1) is 24.3. The second kappa shape index (κ2) is 18.9. The Morgan fingerprint density at radius 2 is 1.54 bits per heavy atom.